The van der Waals surface area contributed by atoms with Crippen molar-refractivity contribution in [1.82, 2.24) is 5.32 Å². The van der Waals surface area contributed by atoms with Crippen LogP contribution in [0.2, 0.25) is 0 Å². The minimum atomic E-state index is 0.424. The van der Waals surface area contributed by atoms with Gasteiger partial charge in [0, 0.05) is 11.8 Å². The van der Waals surface area contributed by atoms with Gasteiger partial charge in [0.1, 0.15) is 0 Å². The highest BCUT2D eigenvalue weighted by molar-refractivity contribution is 8.14. The third-order valence-electron chi connectivity index (χ3n) is 4.96. The molecule has 4 atom stereocenters. The number of fused-ring (bicyclic) bond motifs is 2. The van der Waals surface area contributed by atoms with Crippen molar-refractivity contribution in [3.63, 3.8) is 0 Å². The number of rotatable bonds is 3. The Bertz CT molecular complexity index is 358. The van der Waals surface area contributed by atoms with Crippen molar-refractivity contribution in [3.05, 3.63) is 0 Å². The van der Waals surface area contributed by atoms with Crippen LogP contribution in [0.1, 0.15) is 52.9 Å². The molecule has 3 heteroatoms. The van der Waals surface area contributed by atoms with Gasteiger partial charge < -0.3 is 5.32 Å². The molecule has 0 saturated heterocycles. The maximum Gasteiger partial charge on any atom is 0.156 e. The van der Waals surface area contributed by atoms with E-state index in [1.807, 2.05) is 11.8 Å². The molecular weight excluding hydrogens is 252 g/mol. The van der Waals surface area contributed by atoms with E-state index in [4.69, 9.17) is 4.99 Å². The van der Waals surface area contributed by atoms with Crippen molar-refractivity contribution in [2.75, 3.05) is 13.1 Å². The Labute approximate surface area is 122 Å². The number of nitrogens with zero attached hydrogens (tertiary/aromatic N) is 1. The molecule has 0 aromatic rings. The van der Waals surface area contributed by atoms with Crippen LogP contribution >= 0.6 is 11.8 Å². The molecule has 2 fully saturated rings. The van der Waals surface area contributed by atoms with Crippen molar-refractivity contribution >= 4 is 16.9 Å². The maximum atomic E-state index is 4.69. The largest absolute Gasteiger partial charge is 0.365 e. The highest BCUT2D eigenvalue weighted by Gasteiger charge is 2.39. The lowest BCUT2D eigenvalue weighted by Gasteiger charge is -2.23. The Hall–Kier alpha value is -0.180. The van der Waals surface area contributed by atoms with Crippen LogP contribution in [-0.2, 0) is 0 Å². The molecule has 0 amide bonds. The number of hydrogen-bond donors (Lipinski definition) is 1. The van der Waals surface area contributed by atoms with Crippen molar-refractivity contribution in [2.24, 2.45) is 28.2 Å². The van der Waals surface area contributed by atoms with Gasteiger partial charge in [-0.15, -0.1) is 0 Å². The van der Waals surface area contributed by atoms with Crippen molar-refractivity contribution < 1.29 is 0 Å². The molecule has 2 aliphatic carbocycles. The third kappa shape index (κ3) is 3.48. The molecule has 1 N–H and O–H groups in total. The van der Waals surface area contributed by atoms with Gasteiger partial charge in [-0.05, 0) is 48.9 Å². The molecule has 19 heavy (non-hydrogen) atoms. The second-order valence-electron chi connectivity index (χ2n) is 7.97. The predicted octanol–water partition coefficient (Wildman–Crippen LogP) is 3.92. The van der Waals surface area contributed by atoms with Gasteiger partial charge in [-0.2, -0.15) is 0 Å². The number of nitrogens with one attached hydrogen (secondary N) is 1. The summed E-state index contributed by atoms with van der Waals surface area (Å²) in [6.07, 6.45) is 7.24. The summed E-state index contributed by atoms with van der Waals surface area (Å²) in [6, 6.07) is 0. The minimum Gasteiger partial charge on any atom is -0.365 e. The Morgan fingerprint density at radius 3 is 2.74 bits per heavy atom. The predicted molar refractivity (Wildman–Crippen MR) is 84.7 cm³/mol. The van der Waals surface area contributed by atoms with Crippen LogP contribution in [0.15, 0.2) is 4.99 Å². The van der Waals surface area contributed by atoms with Crippen LogP contribution < -0.4 is 5.32 Å². The van der Waals surface area contributed by atoms with Crippen LogP contribution in [-0.4, -0.2) is 23.5 Å². The Morgan fingerprint density at radius 1 is 1.26 bits per heavy atom. The van der Waals surface area contributed by atoms with Gasteiger partial charge in [0.25, 0.3) is 0 Å². The van der Waals surface area contributed by atoms with Crippen LogP contribution in [0, 0.1) is 23.2 Å². The highest BCUT2D eigenvalue weighted by Crippen LogP contribution is 2.48. The number of hydrogen-bond acceptors (Lipinski definition) is 3. The van der Waals surface area contributed by atoms with E-state index in [9.17, 15) is 0 Å². The fourth-order valence-corrected chi connectivity index (χ4v) is 5.51. The minimum absolute atomic E-state index is 0.424. The molecule has 0 aromatic carbocycles. The lowest BCUT2D eigenvalue weighted by molar-refractivity contribution is 0.333. The van der Waals surface area contributed by atoms with Gasteiger partial charge in [-0.25, -0.2) is 0 Å². The molecule has 4 unspecified atom stereocenters. The van der Waals surface area contributed by atoms with E-state index in [-0.39, 0.29) is 0 Å². The smallest absolute Gasteiger partial charge is 0.156 e. The van der Waals surface area contributed by atoms with Gasteiger partial charge in [0.2, 0.25) is 0 Å². The summed E-state index contributed by atoms with van der Waals surface area (Å²) in [5.74, 6) is 3.02. The van der Waals surface area contributed by atoms with Gasteiger partial charge >= 0.3 is 0 Å². The van der Waals surface area contributed by atoms with E-state index < -0.39 is 0 Å². The van der Waals surface area contributed by atoms with Gasteiger partial charge in [-0.3, -0.25) is 4.99 Å². The average molecular weight is 280 g/mol. The molecule has 108 valence electrons. The van der Waals surface area contributed by atoms with Crippen molar-refractivity contribution in [3.8, 4) is 0 Å². The molecule has 2 bridgehead atoms. The van der Waals surface area contributed by atoms with E-state index in [1.54, 1.807) is 0 Å². The molecule has 1 heterocycles. The van der Waals surface area contributed by atoms with Gasteiger partial charge in [0.05, 0.1) is 6.54 Å². The first-order valence-electron chi connectivity index (χ1n) is 7.94. The first kappa shape index (κ1) is 13.8. The van der Waals surface area contributed by atoms with E-state index in [1.165, 1.54) is 43.8 Å². The van der Waals surface area contributed by atoms with Crippen LogP contribution in [0.25, 0.3) is 0 Å². The van der Waals surface area contributed by atoms with Crippen LogP contribution in [0.3, 0.4) is 0 Å². The molecule has 2 saturated carbocycles. The Morgan fingerprint density at radius 2 is 2.11 bits per heavy atom. The highest BCUT2D eigenvalue weighted by atomic mass is 32.2. The second-order valence-corrected chi connectivity index (χ2v) is 9.26. The fraction of sp³-hybridized carbons (Fsp3) is 0.938. The molecule has 3 aliphatic rings. The number of aliphatic imine (C=N–C) groups is 1. The summed E-state index contributed by atoms with van der Waals surface area (Å²) in [5.41, 5.74) is 0.424. The van der Waals surface area contributed by atoms with Gasteiger partial charge in [0.15, 0.2) is 5.17 Å². The summed E-state index contributed by atoms with van der Waals surface area (Å²) in [5, 5.41) is 5.55. The molecular formula is C16H28N2S. The molecule has 0 aromatic heterocycles. The quantitative estimate of drug-likeness (QED) is 0.847. The number of thioether (sulfide) groups is 1. The van der Waals surface area contributed by atoms with Gasteiger partial charge in [-0.1, -0.05) is 39.0 Å². The molecule has 0 spiro atoms. The fourth-order valence-electron chi connectivity index (χ4n) is 4.15. The van der Waals surface area contributed by atoms with Crippen molar-refractivity contribution in [1.29, 1.82) is 0 Å². The first-order chi connectivity index (χ1) is 8.99. The zero-order chi connectivity index (χ0) is 13.5. The third-order valence-corrected chi connectivity index (χ3v) is 6.10. The SMILES string of the molecule is CC(C)(C)CC1CN=C(NCC2CC3CCC2C3)S1. The van der Waals surface area contributed by atoms with E-state index in [0.717, 1.165) is 24.3 Å². The van der Waals surface area contributed by atoms with E-state index >= 15 is 0 Å². The maximum absolute atomic E-state index is 4.69. The zero-order valence-corrected chi connectivity index (χ0v) is 13.4. The zero-order valence-electron chi connectivity index (χ0n) is 12.6. The lowest BCUT2D eigenvalue weighted by Crippen LogP contribution is -2.29. The molecule has 3 rings (SSSR count). The van der Waals surface area contributed by atoms with Crippen LogP contribution in [0.4, 0.5) is 0 Å². The average Bonchev–Trinajstić information content (AvgIpc) is 2.99. The topological polar surface area (TPSA) is 24.4 Å². The molecule has 2 nitrogen and oxygen atoms in total. The van der Waals surface area contributed by atoms with E-state index in [0.29, 0.717) is 10.7 Å². The summed E-state index contributed by atoms with van der Waals surface area (Å²) in [7, 11) is 0. The number of amidine groups is 1. The normalized spacial score (nSPS) is 37.7. The lowest BCUT2D eigenvalue weighted by atomic mass is 9.89. The molecule has 1 aliphatic heterocycles. The van der Waals surface area contributed by atoms with Crippen LogP contribution in [0.5, 0.6) is 0 Å². The standard InChI is InChI=1S/C16H28N2S/c1-16(2,3)8-14-10-18-15(19-14)17-9-13-7-11-4-5-12(13)6-11/h11-14H,4-10H2,1-3H3,(H,17,18). The monoisotopic (exact) mass is 280 g/mol. The molecule has 0 radical (unpaired) electrons. The Kier molecular flexibility index (Phi) is 3.85. The Balaban J connectivity index is 1.40. The summed E-state index contributed by atoms with van der Waals surface area (Å²) >= 11 is 1.98. The summed E-state index contributed by atoms with van der Waals surface area (Å²) in [6.45, 7) is 9.17. The van der Waals surface area contributed by atoms with E-state index in [2.05, 4.69) is 26.1 Å². The summed E-state index contributed by atoms with van der Waals surface area (Å²) in [4.78, 5) is 4.69. The summed E-state index contributed by atoms with van der Waals surface area (Å²) < 4.78 is 0. The second kappa shape index (κ2) is 5.31. The van der Waals surface area contributed by atoms with Crippen molar-refractivity contribution in [2.45, 2.75) is 58.1 Å². The first-order valence-corrected chi connectivity index (χ1v) is 8.82.